The Morgan fingerprint density at radius 3 is 2.72 bits per heavy atom. The summed E-state index contributed by atoms with van der Waals surface area (Å²) in [6.07, 6.45) is -4.02. The molecule has 11 heteroatoms. The molecule has 1 aliphatic heterocycles. The summed E-state index contributed by atoms with van der Waals surface area (Å²) in [6.45, 7) is 1.03. The molecule has 1 aromatic carbocycles. The molecular formula is C18H22F3N5O2S. The first-order valence-corrected chi connectivity index (χ1v) is 10.0. The first-order valence-electron chi connectivity index (χ1n) is 9.17. The van der Waals surface area contributed by atoms with Crippen LogP contribution in [-0.4, -0.2) is 64.4 Å². The standard InChI is InChI=1S/C18H22F3N5O2S/c1-28-12-2-3-14-13(4-12)16(24-10-23-14)25-8-17(9-25)5-11(6-17)26(29-22)7-15(27)18(19,20)21/h2-4,10-11,15,27H,5-9,22H2,1H3. The number of hydrogen-bond acceptors (Lipinski definition) is 8. The Morgan fingerprint density at radius 2 is 2.10 bits per heavy atom. The number of fused-ring (bicyclic) bond motifs is 1. The molecule has 1 saturated heterocycles. The molecule has 1 saturated carbocycles. The maximum Gasteiger partial charge on any atom is 0.415 e. The highest BCUT2D eigenvalue weighted by atomic mass is 32.2. The number of benzene rings is 1. The van der Waals surface area contributed by atoms with E-state index in [0.717, 1.165) is 60.5 Å². The first-order chi connectivity index (χ1) is 13.7. The fraction of sp³-hybridized carbons (Fsp3) is 0.556. The molecule has 4 rings (SSSR count). The maximum absolute atomic E-state index is 12.6. The van der Waals surface area contributed by atoms with E-state index in [1.54, 1.807) is 7.11 Å². The lowest BCUT2D eigenvalue weighted by atomic mass is 9.60. The molecule has 1 atom stereocenters. The zero-order valence-electron chi connectivity index (χ0n) is 15.8. The summed E-state index contributed by atoms with van der Waals surface area (Å²) in [5, 5.41) is 15.8. The van der Waals surface area contributed by atoms with Crippen LogP contribution in [0.1, 0.15) is 12.8 Å². The predicted molar refractivity (Wildman–Crippen MR) is 104 cm³/mol. The number of nitrogens with two attached hydrogens (primary N) is 1. The van der Waals surface area contributed by atoms with Crippen LogP contribution in [0, 0.1) is 5.41 Å². The van der Waals surface area contributed by atoms with Gasteiger partial charge in [-0.3, -0.25) is 5.14 Å². The Labute approximate surface area is 170 Å². The Hall–Kier alpha value is -1.82. The molecule has 7 nitrogen and oxygen atoms in total. The molecule has 0 amide bonds. The summed E-state index contributed by atoms with van der Waals surface area (Å²) in [7, 11) is 1.61. The summed E-state index contributed by atoms with van der Waals surface area (Å²) < 4.78 is 44.6. The van der Waals surface area contributed by atoms with Crippen LogP contribution in [0.5, 0.6) is 5.75 Å². The van der Waals surface area contributed by atoms with Crippen LogP contribution in [0.15, 0.2) is 24.5 Å². The van der Waals surface area contributed by atoms with Crippen molar-refractivity contribution in [3.63, 3.8) is 0 Å². The summed E-state index contributed by atoms with van der Waals surface area (Å²) in [5.74, 6) is 1.56. The molecule has 2 aromatic rings. The number of halogens is 3. The van der Waals surface area contributed by atoms with Gasteiger partial charge in [-0.25, -0.2) is 14.3 Å². The van der Waals surface area contributed by atoms with Gasteiger partial charge in [0, 0.05) is 48.6 Å². The molecule has 0 radical (unpaired) electrons. The third kappa shape index (κ3) is 3.83. The zero-order chi connectivity index (χ0) is 20.8. The lowest BCUT2D eigenvalue weighted by Gasteiger charge is -2.61. The van der Waals surface area contributed by atoms with Crippen molar-refractivity contribution in [3.8, 4) is 5.75 Å². The molecule has 2 heterocycles. The van der Waals surface area contributed by atoms with E-state index in [2.05, 4.69) is 14.9 Å². The second-order valence-corrected chi connectivity index (χ2v) is 8.44. The Bertz CT molecular complexity index is 885. The monoisotopic (exact) mass is 429 g/mol. The number of ether oxygens (including phenoxy) is 1. The van der Waals surface area contributed by atoms with Gasteiger partial charge in [-0.15, -0.1) is 0 Å². The Morgan fingerprint density at radius 1 is 1.38 bits per heavy atom. The fourth-order valence-electron chi connectivity index (χ4n) is 4.27. The third-order valence-electron chi connectivity index (χ3n) is 5.78. The van der Waals surface area contributed by atoms with E-state index in [1.165, 1.54) is 10.6 Å². The highest BCUT2D eigenvalue weighted by Crippen LogP contribution is 2.52. The van der Waals surface area contributed by atoms with E-state index in [4.69, 9.17) is 9.88 Å². The molecular weight excluding hydrogens is 407 g/mol. The van der Waals surface area contributed by atoms with Crippen molar-refractivity contribution in [3.05, 3.63) is 24.5 Å². The van der Waals surface area contributed by atoms with Gasteiger partial charge >= 0.3 is 6.18 Å². The third-order valence-corrected chi connectivity index (χ3v) is 6.50. The van der Waals surface area contributed by atoms with E-state index in [1.807, 2.05) is 18.2 Å². The molecule has 1 unspecified atom stereocenters. The van der Waals surface area contributed by atoms with E-state index in [9.17, 15) is 18.3 Å². The molecule has 158 valence electrons. The highest BCUT2D eigenvalue weighted by Gasteiger charge is 2.55. The number of alkyl halides is 3. The molecule has 29 heavy (non-hydrogen) atoms. The number of aliphatic hydroxyl groups is 1. The minimum Gasteiger partial charge on any atom is -0.497 e. The van der Waals surface area contributed by atoms with Crippen LogP contribution in [-0.2, 0) is 0 Å². The molecule has 2 fully saturated rings. The number of aliphatic hydroxyl groups excluding tert-OH is 1. The molecule has 2 aliphatic rings. The lowest BCUT2D eigenvalue weighted by Crippen LogP contribution is -2.66. The van der Waals surface area contributed by atoms with Crippen LogP contribution in [0.2, 0.25) is 0 Å². The van der Waals surface area contributed by atoms with Gasteiger partial charge in [0.2, 0.25) is 0 Å². The fourth-order valence-corrected chi connectivity index (χ4v) is 4.82. The van der Waals surface area contributed by atoms with E-state index >= 15 is 0 Å². The van der Waals surface area contributed by atoms with Gasteiger partial charge in [-0.2, -0.15) is 13.2 Å². The minimum absolute atomic E-state index is 0.0535. The topological polar surface area (TPSA) is 87.7 Å². The predicted octanol–water partition coefficient (Wildman–Crippen LogP) is 2.35. The van der Waals surface area contributed by atoms with E-state index in [-0.39, 0.29) is 11.5 Å². The number of nitrogens with zero attached hydrogens (tertiary/aromatic N) is 4. The zero-order valence-corrected chi connectivity index (χ0v) is 16.6. The van der Waals surface area contributed by atoms with Crippen molar-refractivity contribution in [1.82, 2.24) is 14.3 Å². The number of aromatic nitrogens is 2. The van der Waals surface area contributed by atoms with Crippen LogP contribution in [0.25, 0.3) is 10.9 Å². The van der Waals surface area contributed by atoms with Gasteiger partial charge in [-0.1, -0.05) is 0 Å². The van der Waals surface area contributed by atoms with Crippen molar-refractivity contribution in [2.45, 2.75) is 31.2 Å². The van der Waals surface area contributed by atoms with Gasteiger partial charge in [-0.05, 0) is 31.0 Å². The van der Waals surface area contributed by atoms with Gasteiger partial charge in [0.15, 0.2) is 6.10 Å². The van der Waals surface area contributed by atoms with Crippen LogP contribution >= 0.6 is 12.1 Å². The normalized spacial score (nSPS) is 20.0. The SMILES string of the molecule is COc1ccc2ncnc(N3CC4(CC(N(CC(O)C(F)(F)F)SN)C4)C3)c2c1. The summed E-state index contributed by atoms with van der Waals surface area (Å²) in [4.78, 5) is 10.9. The molecule has 1 spiro atoms. The molecule has 1 aromatic heterocycles. The largest absolute Gasteiger partial charge is 0.497 e. The van der Waals surface area contributed by atoms with Gasteiger partial charge in [0.25, 0.3) is 0 Å². The molecule has 1 aliphatic carbocycles. The van der Waals surface area contributed by atoms with Gasteiger partial charge in [0.05, 0.1) is 12.6 Å². The van der Waals surface area contributed by atoms with Crippen LogP contribution in [0.4, 0.5) is 19.0 Å². The minimum atomic E-state index is -4.64. The lowest BCUT2D eigenvalue weighted by molar-refractivity contribution is -0.207. The van der Waals surface area contributed by atoms with E-state index in [0.29, 0.717) is 0 Å². The Kier molecular flexibility index (Phi) is 5.26. The van der Waals surface area contributed by atoms with Crippen molar-refractivity contribution in [2.75, 3.05) is 31.6 Å². The average molecular weight is 429 g/mol. The molecule has 0 bridgehead atoms. The average Bonchev–Trinajstić information content (AvgIpc) is 2.63. The number of methoxy groups -OCH3 is 1. The van der Waals surface area contributed by atoms with Crippen LogP contribution in [0.3, 0.4) is 0 Å². The van der Waals surface area contributed by atoms with Gasteiger partial charge in [0.1, 0.15) is 17.9 Å². The first kappa shape index (κ1) is 20.5. The summed E-state index contributed by atoms with van der Waals surface area (Å²) in [5.41, 5.74) is 0.882. The van der Waals surface area contributed by atoms with Crippen molar-refractivity contribution >= 4 is 28.9 Å². The quantitative estimate of drug-likeness (QED) is 0.677. The van der Waals surface area contributed by atoms with E-state index < -0.39 is 18.8 Å². The number of rotatable bonds is 6. The Balaban J connectivity index is 1.39. The summed E-state index contributed by atoms with van der Waals surface area (Å²) >= 11 is 0.762. The second kappa shape index (κ2) is 7.46. The van der Waals surface area contributed by atoms with Crippen molar-refractivity contribution in [1.29, 1.82) is 0 Å². The molecule has 3 N–H and O–H groups in total. The van der Waals surface area contributed by atoms with Crippen LogP contribution < -0.4 is 14.8 Å². The van der Waals surface area contributed by atoms with Crippen molar-refractivity contribution in [2.24, 2.45) is 10.6 Å². The van der Waals surface area contributed by atoms with Crippen molar-refractivity contribution < 1.29 is 23.0 Å². The number of anilines is 1. The summed E-state index contributed by atoms with van der Waals surface area (Å²) in [6, 6.07) is 5.56. The van der Waals surface area contributed by atoms with Gasteiger partial charge < -0.3 is 14.7 Å². The smallest absolute Gasteiger partial charge is 0.415 e. The maximum atomic E-state index is 12.6. The highest BCUT2D eigenvalue weighted by molar-refractivity contribution is 7.94. The number of hydrogen-bond donors (Lipinski definition) is 2. The second-order valence-electron chi connectivity index (χ2n) is 7.76.